The quantitative estimate of drug-likeness (QED) is 0.162. The van der Waals surface area contributed by atoms with E-state index in [9.17, 15) is 0 Å². The van der Waals surface area contributed by atoms with E-state index in [1.807, 2.05) is 17.4 Å². The standard InChI is InChI=1S/C54H35NOS/c1-3-13-36(14-4-1)40-17-11-18-41(35-40)37-25-29-42(30-26-37)55(43-31-27-39(28-32-43)44-21-12-24-51-52(44)48-20-8-10-23-50(48)57-51)53-45(38-15-5-2-6-16-38)33-34-47-46-19-7-9-22-49(46)56-54(47)53/h1-35H. The van der Waals surface area contributed by atoms with Crippen LogP contribution >= 0.6 is 11.3 Å². The van der Waals surface area contributed by atoms with Gasteiger partial charge in [-0.05, 0) is 93.5 Å². The maximum atomic E-state index is 6.85. The Labute approximate surface area is 335 Å². The first-order chi connectivity index (χ1) is 28.3. The van der Waals surface area contributed by atoms with E-state index in [0.717, 1.165) is 55.7 Å². The van der Waals surface area contributed by atoms with Gasteiger partial charge < -0.3 is 9.32 Å². The van der Waals surface area contributed by atoms with Crippen molar-refractivity contribution in [2.45, 2.75) is 0 Å². The molecule has 2 aromatic heterocycles. The molecule has 0 radical (unpaired) electrons. The molecule has 0 amide bonds. The molecule has 0 aliphatic heterocycles. The summed E-state index contributed by atoms with van der Waals surface area (Å²) in [5.41, 5.74) is 14.2. The monoisotopic (exact) mass is 745 g/mol. The fourth-order valence-electron chi connectivity index (χ4n) is 8.37. The maximum absolute atomic E-state index is 6.85. The van der Waals surface area contributed by atoms with Gasteiger partial charge in [-0.2, -0.15) is 0 Å². The number of furan rings is 1. The van der Waals surface area contributed by atoms with Crippen LogP contribution in [0.5, 0.6) is 0 Å². The van der Waals surface area contributed by atoms with Gasteiger partial charge in [0.2, 0.25) is 0 Å². The van der Waals surface area contributed by atoms with Crippen LogP contribution in [0.2, 0.25) is 0 Å². The summed E-state index contributed by atoms with van der Waals surface area (Å²) in [6.45, 7) is 0. The Hall–Kier alpha value is -7.20. The summed E-state index contributed by atoms with van der Waals surface area (Å²) in [5.74, 6) is 0. The van der Waals surface area contributed by atoms with E-state index in [0.29, 0.717) is 0 Å². The van der Waals surface area contributed by atoms with Crippen LogP contribution in [0.1, 0.15) is 0 Å². The summed E-state index contributed by atoms with van der Waals surface area (Å²) in [7, 11) is 0. The van der Waals surface area contributed by atoms with Gasteiger partial charge in [0, 0.05) is 47.9 Å². The predicted octanol–water partition coefficient (Wildman–Crippen LogP) is 16.1. The predicted molar refractivity (Wildman–Crippen MR) is 243 cm³/mol. The lowest BCUT2D eigenvalue weighted by Crippen LogP contribution is -2.11. The molecule has 11 aromatic rings. The van der Waals surface area contributed by atoms with E-state index in [4.69, 9.17) is 4.42 Å². The van der Waals surface area contributed by atoms with Crippen molar-refractivity contribution in [3.63, 3.8) is 0 Å². The second-order valence-corrected chi connectivity index (χ2v) is 15.5. The topological polar surface area (TPSA) is 16.4 Å². The van der Waals surface area contributed by atoms with E-state index < -0.39 is 0 Å². The molecule has 0 N–H and O–H groups in total. The zero-order valence-electron chi connectivity index (χ0n) is 31.0. The lowest BCUT2D eigenvalue weighted by atomic mass is 9.97. The van der Waals surface area contributed by atoms with Crippen LogP contribution in [-0.4, -0.2) is 0 Å². The number of nitrogens with zero attached hydrogens (tertiary/aromatic N) is 1. The molecule has 2 heterocycles. The van der Waals surface area contributed by atoms with Crippen LogP contribution in [-0.2, 0) is 0 Å². The van der Waals surface area contributed by atoms with Gasteiger partial charge in [0.15, 0.2) is 5.58 Å². The lowest BCUT2D eigenvalue weighted by Gasteiger charge is -2.28. The Kier molecular flexibility index (Phi) is 8.04. The molecule has 3 heteroatoms. The Morgan fingerprint density at radius 1 is 0.351 bits per heavy atom. The van der Waals surface area contributed by atoms with Crippen LogP contribution in [0, 0.1) is 0 Å². The fourth-order valence-corrected chi connectivity index (χ4v) is 9.50. The third kappa shape index (κ3) is 5.80. The Morgan fingerprint density at radius 2 is 0.895 bits per heavy atom. The number of thiophene rings is 1. The van der Waals surface area contributed by atoms with Gasteiger partial charge >= 0.3 is 0 Å². The second-order valence-electron chi connectivity index (χ2n) is 14.5. The van der Waals surface area contributed by atoms with Crippen molar-refractivity contribution in [2.75, 3.05) is 4.90 Å². The molecule has 0 aliphatic rings. The van der Waals surface area contributed by atoms with Gasteiger partial charge in [0.25, 0.3) is 0 Å². The molecule has 0 atom stereocenters. The second kappa shape index (κ2) is 13.8. The highest BCUT2D eigenvalue weighted by atomic mass is 32.1. The molecule has 0 fully saturated rings. The third-order valence-corrected chi connectivity index (χ3v) is 12.2. The van der Waals surface area contributed by atoms with E-state index in [1.165, 1.54) is 48.0 Å². The van der Waals surface area contributed by atoms with Gasteiger partial charge in [0.05, 0.1) is 5.69 Å². The van der Waals surface area contributed by atoms with Crippen LogP contribution < -0.4 is 4.90 Å². The number of para-hydroxylation sites is 1. The minimum atomic E-state index is 0.857. The highest BCUT2D eigenvalue weighted by Crippen LogP contribution is 2.48. The van der Waals surface area contributed by atoms with E-state index >= 15 is 0 Å². The Bertz CT molecular complexity index is 3210. The molecule has 0 unspecified atom stereocenters. The molecule has 0 aliphatic carbocycles. The molecular weight excluding hydrogens is 711 g/mol. The van der Waals surface area contributed by atoms with Crippen molar-refractivity contribution in [3.05, 3.63) is 212 Å². The van der Waals surface area contributed by atoms with Crippen LogP contribution in [0.25, 0.3) is 86.6 Å². The number of benzene rings is 9. The Balaban J connectivity index is 1.10. The number of hydrogen-bond donors (Lipinski definition) is 0. The van der Waals surface area contributed by atoms with E-state index in [2.05, 4.69) is 211 Å². The van der Waals surface area contributed by atoms with Crippen LogP contribution in [0.3, 0.4) is 0 Å². The Morgan fingerprint density at radius 3 is 1.63 bits per heavy atom. The van der Waals surface area contributed by atoms with Gasteiger partial charge in [-0.1, -0.05) is 158 Å². The smallest absolute Gasteiger partial charge is 0.160 e. The zero-order valence-corrected chi connectivity index (χ0v) is 31.8. The molecule has 0 saturated carbocycles. The van der Waals surface area contributed by atoms with Crippen molar-refractivity contribution >= 4 is 70.5 Å². The maximum Gasteiger partial charge on any atom is 0.160 e. The summed E-state index contributed by atoms with van der Waals surface area (Å²) in [6, 6.07) is 76.3. The SMILES string of the molecule is c1ccc(-c2cccc(-c3ccc(N(c4ccc(-c5cccc6sc7ccccc7c56)cc4)c4c(-c5ccccc5)ccc5c4oc4ccccc45)cc3)c2)cc1. The number of rotatable bonds is 7. The zero-order chi connectivity index (χ0) is 37.7. The van der Waals surface area contributed by atoms with Crippen LogP contribution in [0.4, 0.5) is 17.1 Å². The molecule has 57 heavy (non-hydrogen) atoms. The van der Waals surface area contributed by atoms with E-state index in [-0.39, 0.29) is 0 Å². The third-order valence-electron chi connectivity index (χ3n) is 11.1. The van der Waals surface area contributed by atoms with Crippen molar-refractivity contribution < 1.29 is 4.42 Å². The number of fused-ring (bicyclic) bond motifs is 6. The molecule has 0 spiro atoms. The summed E-state index contributed by atoms with van der Waals surface area (Å²) < 4.78 is 9.46. The lowest BCUT2D eigenvalue weighted by molar-refractivity contribution is 0.669. The van der Waals surface area contributed by atoms with Crippen molar-refractivity contribution in [2.24, 2.45) is 0 Å². The highest BCUT2D eigenvalue weighted by Gasteiger charge is 2.24. The first kappa shape index (κ1) is 33.2. The summed E-state index contributed by atoms with van der Waals surface area (Å²) in [5, 5.41) is 4.81. The van der Waals surface area contributed by atoms with Gasteiger partial charge in [-0.15, -0.1) is 11.3 Å². The minimum Gasteiger partial charge on any atom is -0.454 e. The normalized spacial score (nSPS) is 11.5. The minimum absolute atomic E-state index is 0.857. The van der Waals surface area contributed by atoms with Crippen molar-refractivity contribution in [1.29, 1.82) is 0 Å². The molecule has 0 bridgehead atoms. The van der Waals surface area contributed by atoms with E-state index in [1.54, 1.807) is 0 Å². The number of anilines is 3. The molecular formula is C54H35NOS. The van der Waals surface area contributed by atoms with Gasteiger partial charge in [-0.3, -0.25) is 0 Å². The summed E-state index contributed by atoms with van der Waals surface area (Å²) in [6.07, 6.45) is 0. The van der Waals surface area contributed by atoms with Gasteiger partial charge in [0.1, 0.15) is 5.58 Å². The highest BCUT2D eigenvalue weighted by molar-refractivity contribution is 7.25. The molecule has 2 nitrogen and oxygen atoms in total. The van der Waals surface area contributed by atoms with Crippen molar-refractivity contribution in [3.8, 4) is 44.5 Å². The molecule has 11 rings (SSSR count). The average Bonchev–Trinajstić information content (AvgIpc) is 3.87. The van der Waals surface area contributed by atoms with Crippen LogP contribution in [0.15, 0.2) is 217 Å². The fraction of sp³-hybridized carbons (Fsp3) is 0. The number of hydrogen-bond acceptors (Lipinski definition) is 3. The first-order valence-corrected chi connectivity index (χ1v) is 20.1. The largest absolute Gasteiger partial charge is 0.454 e. The first-order valence-electron chi connectivity index (χ1n) is 19.3. The molecule has 9 aromatic carbocycles. The summed E-state index contributed by atoms with van der Waals surface area (Å²) >= 11 is 1.86. The average molecular weight is 746 g/mol. The van der Waals surface area contributed by atoms with Crippen molar-refractivity contribution in [1.82, 2.24) is 0 Å². The molecule has 0 saturated heterocycles. The molecule has 268 valence electrons. The van der Waals surface area contributed by atoms with Gasteiger partial charge in [-0.25, -0.2) is 0 Å². The summed E-state index contributed by atoms with van der Waals surface area (Å²) in [4.78, 5) is 2.38.